The van der Waals surface area contributed by atoms with Crippen LogP contribution < -0.4 is 10.2 Å². The van der Waals surface area contributed by atoms with Crippen molar-refractivity contribution in [2.75, 3.05) is 30.4 Å². The van der Waals surface area contributed by atoms with Crippen LogP contribution in [-0.4, -0.2) is 31.3 Å². The molecular formula is C25H21F3N4O. The number of rotatable bonds is 7. The Balaban J connectivity index is 1.69. The number of hydrogen-bond donors (Lipinski definition) is 2. The van der Waals surface area contributed by atoms with E-state index in [1.54, 1.807) is 24.1 Å². The van der Waals surface area contributed by atoms with Crippen LogP contribution in [0.4, 0.5) is 24.5 Å². The van der Waals surface area contributed by atoms with Gasteiger partial charge in [-0.05, 0) is 42.0 Å². The molecule has 0 saturated carbocycles. The normalized spacial score (nSPS) is 11.8. The molecule has 3 aromatic rings. The van der Waals surface area contributed by atoms with Crippen LogP contribution in [0.25, 0.3) is 11.1 Å². The van der Waals surface area contributed by atoms with Crippen LogP contribution in [-0.2, 0) is 6.18 Å². The zero-order valence-corrected chi connectivity index (χ0v) is 17.8. The Morgan fingerprint density at radius 3 is 2.27 bits per heavy atom. The van der Waals surface area contributed by atoms with Crippen molar-refractivity contribution >= 4 is 11.4 Å². The van der Waals surface area contributed by atoms with Crippen molar-refractivity contribution in [3.63, 3.8) is 0 Å². The van der Waals surface area contributed by atoms with E-state index in [1.165, 1.54) is 12.1 Å². The zero-order chi connectivity index (χ0) is 24.0. The molecule has 3 rings (SSSR count). The Hall–Kier alpha value is -4.01. The summed E-state index contributed by atoms with van der Waals surface area (Å²) in [5.41, 5.74) is 1.66. The fourth-order valence-corrected chi connectivity index (χ4v) is 3.43. The minimum Gasteiger partial charge on any atom is -0.389 e. The quantitative estimate of drug-likeness (QED) is 0.528. The Bertz CT molecular complexity index is 1200. The summed E-state index contributed by atoms with van der Waals surface area (Å²) >= 11 is 0. The number of alkyl halides is 3. The second-order valence-corrected chi connectivity index (χ2v) is 7.49. The molecular weight excluding hydrogens is 429 g/mol. The van der Waals surface area contributed by atoms with Gasteiger partial charge in [0, 0.05) is 37.1 Å². The van der Waals surface area contributed by atoms with Crippen molar-refractivity contribution in [3.05, 3.63) is 83.4 Å². The SMILES string of the molecule is CN(C[C@H](O)CNc1ccc(C#N)c(C(F)(F)F)c1)c1ccc(C#N)c(-c2ccccc2)c1. The molecule has 0 aliphatic heterocycles. The molecule has 0 bridgehead atoms. The number of halogens is 3. The Morgan fingerprint density at radius 1 is 0.970 bits per heavy atom. The minimum atomic E-state index is -4.65. The van der Waals surface area contributed by atoms with Crippen LogP contribution in [0, 0.1) is 22.7 Å². The largest absolute Gasteiger partial charge is 0.417 e. The van der Waals surface area contributed by atoms with Gasteiger partial charge < -0.3 is 15.3 Å². The summed E-state index contributed by atoms with van der Waals surface area (Å²) in [6, 6.07) is 21.9. The first-order valence-corrected chi connectivity index (χ1v) is 10.1. The van der Waals surface area contributed by atoms with Crippen LogP contribution in [0.5, 0.6) is 0 Å². The average Bonchev–Trinajstić information content (AvgIpc) is 2.82. The van der Waals surface area contributed by atoms with E-state index >= 15 is 0 Å². The van der Waals surface area contributed by atoms with Crippen molar-refractivity contribution in [1.82, 2.24) is 0 Å². The van der Waals surface area contributed by atoms with Gasteiger partial charge in [-0.1, -0.05) is 30.3 Å². The molecule has 5 nitrogen and oxygen atoms in total. The highest BCUT2D eigenvalue weighted by Crippen LogP contribution is 2.33. The average molecular weight is 450 g/mol. The third kappa shape index (κ3) is 5.82. The molecule has 0 spiro atoms. The third-order valence-electron chi connectivity index (χ3n) is 5.12. The lowest BCUT2D eigenvalue weighted by molar-refractivity contribution is -0.137. The molecule has 0 unspecified atom stereocenters. The summed E-state index contributed by atoms with van der Waals surface area (Å²) in [6.07, 6.45) is -5.54. The summed E-state index contributed by atoms with van der Waals surface area (Å²) in [6.45, 7) is 0.213. The number of anilines is 2. The maximum absolute atomic E-state index is 13.1. The van der Waals surface area contributed by atoms with Gasteiger partial charge in [-0.25, -0.2) is 0 Å². The van der Waals surface area contributed by atoms with E-state index < -0.39 is 23.4 Å². The van der Waals surface area contributed by atoms with Crippen LogP contribution in [0.3, 0.4) is 0 Å². The van der Waals surface area contributed by atoms with Gasteiger partial charge in [0.15, 0.2) is 0 Å². The highest BCUT2D eigenvalue weighted by Gasteiger charge is 2.33. The van der Waals surface area contributed by atoms with Crippen molar-refractivity contribution in [2.24, 2.45) is 0 Å². The molecule has 8 heteroatoms. The molecule has 0 aliphatic carbocycles. The second-order valence-electron chi connectivity index (χ2n) is 7.49. The lowest BCUT2D eigenvalue weighted by Gasteiger charge is -2.24. The maximum atomic E-state index is 13.1. The first kappa shape index (κ1) is 23.6. The second kappa shape index (κ2) is 10.1. The highest BCUT2D eigenvalue weighted by atomic mass is 19.4. The highest BCUT2D eigenvalue weighted by molar-refractivity contribution is 5.74. The molecule has 168 valence electrons. The fraction of sp³-hybridized carbons (Fsp3) is 0.200. The Labute approximate surface area is 189 Å². The standard InChI is InChI=1S/C25H21F3N4O/c1-32(21-10-8-18(13-29)23(12-21)17-5-3-2-4-6-17)16-22(33)15-31-20-9-7-19(14-30)24(11-20)25(26,27)28/h2-12,22,31,33H,15-16H2,1H3/t22-/m1/s1. The molecule has 1 atom stereocenters. The fourth-order valence-electron chi connectivity index (χ4n) is 3.43. The molecule has 0 saturated heterocycles. The van der Waals surface area contributed by atoms with Crippen LogP contribution in [0.15, 0.2) is 66.7 Å². The van der Waals surface area contributed by atoms with E-state index in [-0.39, 0.29) is 18.8 Å². The van der Waals surface area contributed by atoms with Crippen molar-refractivity contribution in [3.8, 4) is 23.3 Å². The molecule has 0 heterocycles. The van der Waals surface area contributed by atoms with Gasteiger partial charge in [0.2, 0.25) is 0 Å². The molecule has 0 radical (unpaired) electrons. The number of likely N-dealkylation sites (N-methyl/N-ethyl adjacent to an activating group) is 1. The zero-order valence-electron chi connectivity index (χ0n) is 17.8. The van der Waals surface area contributed by atoms with Gasteiger partial charge in [-0.2, -0.15) is 23.7 Å². The van der Waals surface area contributed by atoms with E-state index in [9.17, 15) is 23.5 Å². The molecule has 0 aliphatic rings. The predicted molar refractivity (Wildman–Crippen MR) is 121 cm³/mol. The lowest BCUT2D eigenvalue weighted by Crippen LogP contribution is -2.33. The first-order valence-electron chi connectivity index (χ1n) is 10.1. The number of hydrogen-bond acceptors (Lipinski definition) is 5. The number of benzene rings is 3. The number of aliphatic hydroxyl groups excluding tert-OH is 1. The van der Waals surface area contributed by atoms with Crippen LogP contribution in [0.1, 0.15) is 16.7 Å². The van der Waals surface area contributed by atoms with E-state index in [2.05, 4.69) is 11.4 Å². The first-order chi connectivity index (χ1) is 15.7. The van der Waals surface area contributed by atoms with Crippen molar-refractivity contribution in [2.45, 2.75) is 12.3 Å². The Morgan fingerprint density at radius 2 is 1.64 bits per heavy atom. The van der Waals surface area contributed by atoms with Crippen LogP contribution in [0.2, 0.25) is 0 Å². The monoisotopic (exact) mass is 450 g/mol. The number of nitrogens with one attached hydrogen (secondary N) is 1. The van der Waals surface area contributed by atoms with Gasteiger partial charge in [0.25, 0.3) is 0 Å². The molecule has 3 aromatic carbocycles. The van der Waals surface area contributed by atoms with Gasteiger partial charge >= 0.3 is 6.18 Å². The third-order valence-corrected chi connectivity index (χ3v) is 5.12. The molecule has 33 heavy (non-hydrogen) atoms. The van der Waals surface area contributed by atoms with Gasteiger partial charge in [0.1, 0.15) is 0 Å². The van der Waals surface area contributed by atoms with Crippen molar-refractivity contribution in [1.29, 1.82) is 10.5 Å². The van der Waals surface area contributed by atoms with E-state index in [0.717, 1.165) is 28.9 Å². The molecule has 2 N–H and O–H groups in total. The number of nitrogens with zero attached hydrogens (tertiary/aromatic N) is 3. The van der Waals surface area contributed by atoms with Gasteiger partial charge in [-0.3, -0.25) is 0 Å². The van der Waals surface area contributed by atoms with E-state index in [1.807, 2.05) is 36.4 Å². The number of nitriles is 2. The molecule has 0 amide bonds. The predicted octanol–water partition coefficient (Wildman–Crippen LogP) is 5.02. The van der Waals surface area contributed by atoms with Crippen LogP contribution >= 0.6 is 0 Å². The smallest absolute Gasteiger partial charge is 0.389 e. The lowest BCUT2D eigenvalue weighted by atomic mass is 9.99. The van der Waals surface area contributed by atoms with Gasteiger partial charge in [0.05, 0.1) is 34.9 Å². The van der Waals surface area contributed by atoms with E-state index in [0.29, 0.717) is 5.56 Å². The topological polar surface area (TPSA) is 83.1 Å². The molecule has 0 fully saturated rings. The number of aliphatic hydroxyl groups is 1. The summed E-state index contributed by atoms with van der Waals surface area (Å²) in [5, 5.41) is 31.5. The summed E-state index contributed by atoms with van der Waals surface area (Å²) in [4.78, 5) is 1.81. The minimum absolute atomic E-state index is 0.00928. The van der Waals surface area contributed by atoms with Gasteiger partial charge in [-0.15, -0.1) is 0 Å². The van der Waals surface area contributed by atoms with E-state index in [4.69, 9.17) is 5.26 Å². The molecule has 0 aromatic heterocycles. The summed E-state index contributed by atoms with van der Waals surface area (Å²) in [7, 11) is 1.78. The summed E-state index contributed by atoms with van der Waals surface area (Å²) in [5.74, 6) is 0. The maximum Gasteiger partial charge on any atom is 0.417 e. The van der Waals surface area contributed by atoms with Crippen molar-refractivity contribution < 1.29 is 18.3 Å². The summed E-state index contributed by atoms with van der Waals surface area (Å²) < 4.78 is 39.4. The Kier molecular flexibility index (Phi) is 7.22.